The molecule has 0 aromatic heterocycles. The van der Waals surface area contributed by atoms with Gasteiger partial charge in [-0.15, -0.1) is 0 Å². The summed E-state index contributed by atoms with van der Waals surface area (Å²) in [7, 11) is 0. The Bertz CT molecular complexity index is 187. The Morgan fingerprint density at radius 3 is 3.14 bits per heavy atom. The van der Waals surface area contributed by atoms with Crippen LogP contribution in [0, 0.1) is 5.92 Å². The molecule has 1 saturated heterocycles. The lowest BCUT2D eigenvalue weighted by Gasteiger charge is -2.20. The fraction of sp³-hybridized carbons (Fsp3) is 0.900. The number of hydrogen-bond donors (Lipinski definition) is 0. The van der Waals surface area contributed by atoms with E-state index in [2.05, 4.69) is 11.8 Å². The van der Waals surface area contributed by atoms with Crippen molar-refractivity contribution in [3.8, 4) is 0 Å². The zero-order valence-corrected chi connectivity index (χ0v) is 9.81. The van der Waals surface area contributed by atoms with E-state index in [0.29, 0.717) is 19.1 Å². The molecule has 0 amide bonds. The molecule has 1 atom stereocenters. The molecule has 0 radical (unpaired) electrons. The summed E-state index contributed by atoms with van der Waals surface area (Å²) in [5, 5.41) is 0. The minimum absolute atomic E-state index is 0.0911. The van der Waals surface area contributed by atoms with Crippen LogP contribution < -0.4 is 0 Å². The first-order valence-electron chi connectivity index (χ1n) is 5.18. The number of hydrogen-bond acceptors (Lipinski definition) is 4. The Morgan fingerprint density at radius 2 is 2.43 bits per heavy atom. The number of carbonyl (C=O) groups is 1. The lowest BCUT2D eigenvalue weighted by atomic mass is 10.2. The van der Waals surface area contributed by atoms with Crippen molar-refractivity contribution in [3.63, 3.8) is 0 Å². The van der Waals surface area contributed by atoms with Crippen LogP contribution in [0.25, 0.3) is 0 Å². The lowest BCUT2D eigenvalue weighted by molar-refractivity contribution is -0.144. The van der Waals surface area contributed by atoms with Gasteiger partial charge in [0, 0.05) is 18.8 Å². The van der Waals surface area contributed by atoms with Gasteiger partial charge < -0.3 is 4.74 Å². The maximum Gasteiger partial charge on any atom is 0.320 e. The Balaban J connectivity index is 2.31. The standard InChI is InChI=1S/C10H19NO2S/c1-3-13-10(12)7-11-4-5-14-8-9(2)6-11/h9H,3-8H2,1-2H3/t9-/m1/s1. The van der Waals surface area contributed by atoms with E-state index < -0.39 is 0 Å². The van der Waals surface area contributed by atoms with E-state index in [4.69, 9.17) is 4.74 Å². The molecule has 1 heterocycles. The van der Waals surface area contributed by atoms with Gasteiger partial charge in [0.1, 0.15) is 0 Å². The average molecular weight is 217 g/mol. The molecule has 14 heavy (non-hydrogen) atoms. The number of esters is 1. The van der Waals surface area contributed by atoms with Crippen molar-refractivity contribution in [1.29, 1.82) is 0 Å². The summed E-state index contributed by atoms with van der Waals surface area (Å²) in [5.41, 5.74) is 0. The SMILES string of the molecule is CCOC(=O)CN1CCSC[C@H](C)C1. The molecule has 4 heteroatoms. The predicted molar refractivity (Wildman–Crippen MR) is 59.6 cm³/mol. The van der Waals surface area contributed by atoms with Gasteiger partial charge in [0.25, 0.3) is 0 Å². The highest BCUT2D eigenvalue weighted by Crippen LogP contribution is 2.14. The Morgan fingerprint density at radius 1 is 1.64 bits per heavy atom. The quantitative estimate of drug-likeness (QED) is 0.665. The van der Waals surface area contributed by atoms with Crippen LogP contribution in [0.1, 0.15) is 13.8 Å². The van der Waals surface area contributed by atoms with E-state index >= 15 is 0 Å². The van der Waals surface area contributed by atoms with Crippen LogP contribution in [0.4, 0.5) is 0 Å². The molecule has 0 bridgehead atoms. The monoisotopic (exact) mass is 217 g/mol. The molecule has 1 fully saturated rings. The molecule has 3 nitrogen and oxygen atoms in total. The molecule has 0 unspecified atom stereocenters. The van der Waals surface area contributed by atoms with Crippen LogP contribution in [0.3, 0.4) is 0 Å². The minimum atomic E-state index is -0.0911. The van der Waals surface area contributed by atoms with Crippen LogP contribution in [-0.2, 0) is 9.53 Å². The van der Waals surface area contributed by atoms with Gasteiger partial charge in [-0.25, -0.2) is 0 Å². The van der Waals surface area contributed by atoms with E-state index in [1.54, 1.807) is 0 Å². The molecule has 0 aromatic carbocycles. The van der Waals surface area contributed by atoms with Crippen molar-refractivity contribution in [2.24, 2.45) is 5.92 Å². The number of ether oxygens (including phenoxy) is 1. The third-order valence-electron chi connectivity index (χ3n) is 2.18. The largest absolute Gasteiger partial charge is 0.465 e. The molecule has 0 N–H and O–H groups in total. The van der Waals surface area contributed by atoms with E-state index in [1.165, 1.54) is 5.75 Å². The summed E-state index contributed by atoms with van der Waals surface area (Å²) >= 11 is 1.97. The molecule has 82 valence electrons. The number of rotatable bonds is 3. The van der Waals surface area contributed by atoms with E-state index in [0.717, 1.165) is 18.8 Å². The molecule has 1 aliphatic rings. The maximum atomic E-state index is 11.3. The van der Waals surface area contributed by atoms with Gasteiger partial charge in [-0.1, -0.05) is 6.92 Å². The van der Waals surface area contributed by atoms with Crippen LogP contribution in [0.5, 0.6) is 0 Å². The topological polar surface area (TPSA) is 29.5 Å². The first kappa shape index (κ1) is 11.9. The second-order valence-electron chi connectivity index (χ2n) is 3.72. The Labute approximate surface area is 90.2 Å². The highest BCUT2D eigenvalue weighted by atomic mass is 32.2. The minimum Gasteiger partial charge on any atom is -0.465 e. The van der Waals surface area contributed by atoms with Crippen molar-refractivity contribution < 1.29 is 9.53 Å². The Hall–Kier alpha value is -0.220. The molecule has 1 aliphatic heterocycles. The fourth-order valence-corrected chi connectivity index (χ4v) is 2.66. The van der Waals surface area contributed by atoms with Gasteiger partial charge in [0.15, 0.2) is 0 Å². The van der Waals surface area contributed by atoms with Gasteiger partial charge in [-0.05, 0) is 18.6 Å². The van der Waals surface area contributed by atoms with Gasteiger partial charge in [0.2, 0.25) is 0 Å². The van der Waals surface area contributed by atoms with Crippen LogP contribution in [0.15, 0.2) is 0 Å². The molecule has 0 spiro atoms. The third kappa shape index (κ3) is 4.33. The molecule has 0 saturated carbocycles. The summed E-state index contributed by atoms with van der Waals surface area (Å²) in [6.07, 6.45) is 0. The van der Waals surface area contributed by atoms with Crippen molar-refractivity contribution in [1.82, 2.24) is 4.90 Å². The lowest BCUT2D eigenvalue weighted by Crippen LogP contribution is -2.34. The average Bonchev–Trinajstić information content (AvgIpc) is 2.30. The fourth-order valence-electron chi connectivity index (χ4n) is 1.60. The van der Waals surface area contributed by atoms with Crippen molar-refractivity contribution in [2.75, 3.05) is 37.7 Å². The Kier molecular flexibility index (Phi) is 5.33. The van der Waals surface area contributed by atoms with Crippen LogP contribution >= 0.6 is 11.8 Å². The zero-order chi connectivity index (χ0) is 10.4. The molecular formula is C10H19NO2S. The van der Waals surface area contributed by atoms with E-state index in [9.17, 15) is 4.79 Å². The number of thioether (sulfide) groups is 1. The van der Waals surface area contributed by atoms with Crippen molar-refractivity contribution >= 4 is 17.7 Å². The van der Waals surface area contributed by atoms with Gasteiger partial charge in [0.05, 0.1) is 13.2 Å². The zero-order valence-electron chi connectivity index (χ0n) is 8.99. The molecule has 0 aromatic rings. The first-order valence-corrected chi connectivity index (χ1v) is 6.33. The van der Waals surface area contributed by atoms with Crippen LogP contribution in [-0.4, -0.2) is 48.6 Å². The third-order valence-corrected chi connectivity index (χ3v) is 3.46. The van der Waals surface area contributed by atoms with E-state index in [-0.39, 0.29) is 5.97 Å². The maximum absolute atomic E-state index is 11.3. The second-order valence-corrected chi connectivity index (χ2v) is 4.87. The summed E-state index contributed by atoms with van der Waals surface area (Å²) in [6, 6.07) is 0. The second kappa shape index (κ2) is 6.30. The molecule has 1 rings (SSSR count). The van der Waals surface area contributed by atoms with Crippen molar-refractivity contribution in [2.45, 2.75) is 13.8 Å². The first-order chi connectivity index (χ1) is 6.72. The van der Waals surface area contributed by atoms with E-state index in [1.807, 2.05) is 18.7 Å². The normalized spacial score (nSPS) is 24.3. The van der Waals surface area contributed by atoms with Gasteiger partial charge in [-0.3, -0.25) is 9.69 Å². The highest BCUT2D eigenvalue weighted by molar-refractivity contribution is 7.99. The van der Waals surface area contributed by atoms with Crippen LogP contribution in [0.2, 0.25) is 0 Å². The summed E-state index contributed by atoms with van der Waals surface area (Å²) in [6.45, 7) is 7.05. The summed E-state index contributed by atoms with van der Waals surface area (Å²) < 4.78 is 4.93. The van der Waals surface area contributed by atoms with Crippen molar-refractivity contribution in [3.05, 3.63) is 0 Å². The molecule has 0 aliphatic carbocycles. The summed E-state index contributed by atoms with van der Waals surface area (Å²) in [5.74, 6) is 2.92. The highest BCUT2D eigenvalue weighted by Gasteiger charge is 2.17. The number of carbonyl (C=O) groups excluding carboxylic acids is 1. The van der Waals surface area contributed by atoms with Gasteiger partial charge >= 0.3 is 5.97 Å². The summed E-state index contributed by atoms with van der Waals surface area (Å²) in [4.78, 5) is 13.5. The predicted octanol–water partition coefficient (Wildman–Crippen LogP) is 1.23. The number of nitrogens with zero attached hydrogens (tertiary/aromatic N) is 1. The molecular weight excluding hydrogens is 198 g/mol. The smallest absolute Gasteiger partial charge is 0.320 e. The van der Waals surface area contributed by atoms with Gasteiger partial charge in [-0.2, -0.15) is 11.8 Å².